The van der Waals surface area contributed by atoms with Crippen LogP contribution in [0.4, 0.5) is 0 Å². The van der Waals surface area contributed by atoms with E-state index in [9.17, 15) is 4.79 Å². The van der Waals surface area contributed by atoms with Gasteiger partial charge in [-0.25, -0.2) is 9.67 Å². The largest absolute Gasteiger partial charge is 0.338 e. The smallest absolute Gasteiger partial charge is 0.257 e. The van der Waals surface area contributed by atoms with Crippen molar-refractivity contribution in [3.63, 3.8) is 0 Å². The van der Waals surface area contributed by atoms with E-state index in [-0.39, 0.29) is 11.9 Å². The lowest BCUT2D eigenvalue weighted by molar-refractivity contribution is 0.0690. The number of carbonyl (C=O) groups excluding carboxylic acids is 1. The SMILES string of the molecule is Cc1ccc(Cn2cc(C(=O)N3CCC(n4cncn4)CC3)c(-c3ccc(C)cc3)n2)cc1. The standard InChI is InChI=1S/C26H28N6O/c1-19-3-7-21(8-4-19)15-31-16-24(25(29-31)22-9-5-20(2)6-10-22)26(33)30-13-11-23(12-14-30)32-18-27-17-28-32/h3-10,16-18,23H,11-15H2,1-2H3. The fourth-order valence-electron chi connectivity index (χ4n) is 4.37. The third-order valence-corrected chi connectivity index (χ3v) is 6.34. The Kier molecular flexibility index (Phi) is 5.77. The molecule has 0 bridgehead atoms. The van der Waals surface area contributed by atoms with E-state index < -0.39 is 0 Å². The first-order valence-corrected chi connectivity index (χ1v) is 11.4. The van der Waals surface area contributed by atoms with Crippen LogP contribution in [0.3, 0.4) is 0 Å². The molecule has 1 aliphatic heterocycles. The number of aryl methyl sites for hydroxylation is 2. The monoisotopic (exact) mass is 440 g/mol. The van der Waals surface area contributed by atoms with Gasteiger partial charge in [-0.2, -0.15) is 10.2 Å². The first-order valence-electron chi connectivity index (χ1n) is 11.4. The second-order valence-corrected chi connectivity index (χ2v) is 8.84. The van der Waals surface area contributed by atoms with Crippen molar-refractivity contribution in [1.29, 1.82) is 0 Å². The van der Waals surface area contributed by atoms with E-state index in [2.05, 4.69) is 60.3 Å². The molecule has 33 heavy (non-hydrogen) atoms. The van der Waals surface area contributed by atoms with Crippen LogP contribution in [0.1, 0.15) is 45.9 Å². The number of nitrogens with zero attached hydrogens (tertiary/aromatic N) is 6. The first kappa shape index (κ1) is 21.1. The second kappa shape index (κ2) is 9.02. The van der Waals surface area contributed by atoms with Crippen molar-refractivity contribution in [3.05, 3.63) is 89.6 Å². The van der Waals surface area contributed by atoms with E-state index in [4.69, 9.17) is 5.10 Å². The van der Waals surface area contributed by atoms with E-state index in [0.717, 1.165) is 29.7 Å². The number of aromatic nitrogens is 5. The molecule has 1 fully saturated rings. The maximum atomic E-state index is 13.6. The highest BCUT2D eigenvalue weighted by Gasteiger charge is 2.28. The van der Waals surface area contributed by atoms with E-state index in [1.54, 1.807) is 12.7 Å². The minimum atomic E-state index is 0.0396. The summed E-state index contributed by atoms with van der Waals surface area (Å²) in [5, 5.41) is 9.11. The number of benzene rings is 2. The Morgan fingerprint density at radius 3 is 2.27 bits per heavy atom. The van der Waals surface area contributed by atoms with Crippen LogP contribution in [0.2, 0.25) is 0 Å². The summed E-state index contributed by atoms with van der Waals surface area (Å²) in [5.41, 5.74) is 5.93. The summed E-state index contributed by atoms with van der Waals surface area (Å²) in [4.78, 5) is 19.6. The van der Waals surface area contributed by atoms with Crippen LogP contribution in [0.25, 0.3) is 11.3 Å². The summed E-state index contributed by atoms with van der Waals surface area (Å²) >= 11 is 0. The maximum absolute atomic E-state index is 13.6. The molecule has 0 saturated carbocycles. The second-order valence-electron chi connectivity index (χ2n) is 8.84. The maximum Gasteiger partial charge on any atom is 0.257 e. The molecule has 2 aromatic heterocycles. The lowest BCUT2D eigenvalue weighted by Gasteiger charge is -2.31. The van der Waals surface area contributed by atoms with Gasteiger partial charge in [0.05, 0.1) is 18.2 Å². The quantitative estimate of drug-likeness (QED) is 0.464. The molecule has 3 heterocycles. The highest BCUT2D eigenvalue weighted by atomic mass is 16.2. The number of amides is 1. The predicted octanol–water partition coefficient (Wildman–Crippen LogP) is 4.28. The minimum absolute atomic E-state index is 0.0396. The highest BCUT2D eigenvalue weighted by Crippen LogP contribution is 2.27. The number of piperidine rings is 1. The van der Waals surface area contributed by atoms with Crippen molar-refractivity contribution in [3.8, 4) is 11.3 Å². The van der Waals surface area contributed by atoms with Crippen LogP contribution in [-0.2, 0) is 6.54 Å². The molecule has 7 nitrogen and oxygen atoms in total. The fourth-order valence-corrected chi connectivity index (χ4v) is 4.37. The third-order valence-electron chi connectivity index (χ3n) is 6.34. The summed E-state index contributed by atoms with van der Waals surface area (Å²) in [6, 6.07) is 16.9. The zero-order chi connectivity index (χ0) is 22.8. The molecular weight excluding hydrogens is 412 g/mol. The zero-order valence-corrected chi connectivity index (χ0v) is 19.1. The average Bonchev–Trinajstić information content (AvgIpc) is 3.51. The Hall–Kier alpha value is -3.74. The van der Waals surface area contributed by atoms with Crippen LogP contribution in [0.5, 0.6) is 0 Å². The number of hydrogen-bond acceptors (Lipinski definition) is 4. The van der Waals surface area contributed by atoms with Crippen LogP contribution in [0.15, 0.2) is 67.4 Å². The summed E-state index contributed by atoms with van der Waals surface area (Å²) in [6.45, 7) is 6.15. The van der Waals surface area contributed by atoms with Gasteiger partial charge >= 0.3 is 0 Å². The van der Waals surface area contributed by atoms with E-state index >= 15 is 0 Å². The van der Waals surface area contributed by atoms with Gasteiger partial charge in [0.25, 0.3) is 5.91 Å². The van der Waals surface area contributed by atoms with Crippen molar-refractivity contribution < 1.29 is 4.79 Å². The van der Waals surface area contributed by atoms with Gasteiger partial charge in [0.1, 0.15) is 18.3 Å². The highest BCUT2D eigenvalue weighted by molar-refractivity contribution is 5.99. The van der Waals surface area contributed by atoms with Crippen LogP contribution in [-0.4, -0.2) is 48.4 Å². The summed E-state index contributed by atoms with van der Waals surface area (Å²) in [5.74, 6) is 0.0396. The number of hydrogen-bond donors (Lipinski definition) is 0. The van der Waals surface area contributed by atoms with Gasteiger partial charge < -0.3 is 4.90 Å². The number of rotatable bonds is 5. The minimum Gasteiger partial charge on any atom is -0.338 e. The van der Waals surface area contributed by atoms with E-state index in [1.165, 1.54) is 11.1 Å². The molecule has 4 aromatic rings. The molecular formula is C26H28N6O. The predicted molar refractivity (Wildman–Crippen MR) is 127 cm³/mol. The summed E-state index contributed by atoms with van der Waals surface area (Å²) < 4.78 is 3.79. The van der Waals surface area contributed by atoms with Crippen molar-refractivity contribution >= 4 is 5.91 Å². The van der Waals surface area contributed by atoms with Crippen molar-refractivity contribution in [2.75, 3.05) is 13.1 Å². The molecule has 1 saturated heterocycles. The summed E-state index contributed by atoms with van der Waals surface area (Å²) in [7, 11) is 0. The van der Waals surface area contributed by atoms with Gasteiger partial charge in [-0.1, -0.05) is 59.7 Å². The molecule has 1 aliphatic rings. The van der Waals surface area contributed by atoms with Crippen LogP contribution >= 0.6 is 0 Å². The Morgan fingerprint density at radius 1 is 0.970 bits per heavy atom. The van der Waals surface area contributed by atoms with Gasteiger partial charge in [0.2, 0.25) is 0 Å². The van der Waals surface area contributed by atoms with Gasteiger partial charge in [0.15, 0.2) is 0 Å². The van der Waals surface area contributed by atoms with Crippen molar-refractivity contribution in [1.82, 2.24) is 29.4 Å². The fraction of sp³-hybridized carbons (Fsp3) is 0.308. The van der Waals surface area contributed by atoms with Crippen molar-refractivity contribution in [2.45, 2.75) is 39.3 Å². The van der Waals surface area contributed by atoms with Gasteiger partial charge in [-0.3, -0.25) is 9.48 Å². The molecule has 1 amide bonds. The Morgan fingerprint density at radius 2 is 1.64 bits per heavy atom. The molecule has 0 aliphatic carbocycles. The molecule has 0 atom stereocenters. The lowest BCUT2D eigenvalue weighted by Crippen LogP contribution is -2.39. The van der Waals surface area contributed by atoms with Crippen molar-refractivity contribution in [2.24, 2.45) is 0 Å². The lowest BCUT2D eigenvalue weighted by atomic mass is 10.0. The molecule has 2 aromatic carbocycles. The first-order chi connectivity index (χ1) is 16.1. The number of likely N-dealkylation sites (tertiary alicyclic amines) is 1. The van der Waals surface area contributed by atoms with E-state index in [1.807, 2.05) is 32.6 Å². The number of carbonyl (C=O) groups is 1. The van der Waals surface area contributed by atoms with Gasteiger partial charge in [-0.05, 0) is 32.3 Å². The topological polar surface area (TPSA) is 68.8 Å². The third kappa shape index (κ3) is 4.58. The Labute approximate surface area is 193 Å². The van der Waals surface area contributed by atoms with E-state index in [0.29, 0.717) is 25.2 Å². The molecule has 7 heteroatoms. The molecule has 0 unspecified atom stereocenters. The van der Waals surface area contributed by atoms with Crippen LogP contribution < -0.4 is 0 Å². The zero-order valence-electron chi connectivity index (χ0n) is 19.1. The molecule has 0 N–H and O–H groups in total. The molecule has 168 valence electrons. The van der Waals surface area contributed by atoms with Gasteiger partial charge in [0, 0.05) is 24.8 Å². The Balaban J connectivity index is 1.41. The average molecular weight is 441 g/mol. The molecule has 5 rings (SSSR count). The molecule has 0 spiro atoms. The normalized spacial score (nSPS) is 14.5. The van der Waals surface area contributed by atoms with Gasteiger partial charge in [-0.15, -0.1) is 0 Å². The Bertz CT molecular complexity index is 1220. The van der Waals surface area contributed by atoms with Crippen LogP contribution in [0, 0.1) is 13.8 Å². The molecule has 0 radical (unpaired) electrons. The summed E-state index contributed by atoms with van der Waals surface area (Å²) in [6.07, 6.45) is 6.96.